The average molecular weight is 527 g/mol. The summed E-state index contributed by atoms with van der Waals surface area (Å²) in [6.07, 6.45) is 3.62. The molecule has 4 N–H and O–H groups in total. The van der Waals surface area contributed by atoms with Crippen LogP contribution in [0.4, 0.5) is 11.4 Å². The minimum atomic E-state index is -1.40. The zero-order chi connectivity index (χ0) is 27.5. The van der Waals surface area contributed by atoms with E-state index in [1.54, 1.807) is 24.3 Å². The number of nitrogens with zero attached hydrogens (tertiary/aromatic N) is 1. The molecule has 196 valence electrons. The van der Waals surface area contributed by atoms with Crippen LogP contribution in [0.15, 0.2) is 70.4 Å². The number of rotatable bonds is 6. The van der Waals surface area contributed by atoms with Gasteiger partial charge in [0.05, 0.1) is 24.2 Å². The quantitative estimate of drug-likeness (QED) is 0.219. The van der Waals surface area contributed by atoms with Gasteiger partial charge in [0.2, 0.25) is 0 Å². The number of benzene rings is 3. The molecule has 0 aliphatic carbocycles. The third-order valence-electron chi connectivity index (χ3n) is 4.91. The second kappa shape index (κ2) is 13.8. The summed E-state index contributed by atoms with van der Waals surface area (Å²) in [5.41, 5.74) is 3.93. The van der Waals surface area contributed by atoms with Crippen LogP contribution < -0.4 is 26.2 Å². The number of carbonyl (C=O) groups is 1. The van der Waals surface area contributed by atoms with E-state index in [1.807, 2.05) is 38.1 Å². The standard InChI is InChI=1S/C22H20N4O5S.C2H4O.C2H6/c1-31-21-18(15-4-3-14-10-16(24-29)6-5-13(14)9-15)11-17(12-19(21)25-32(2)30)26-8-7-20(27)23-22(26)28;1-2-3;1-2/h3-12,24-25,29H,1-2H3,(H,23,27,28);2H,1H3;1-2H3. The van der Waals surface area contributed by atoms with Crippen molar-refractivity contribution in [2.24, 2.45) is 0 Å². The molecular formula is C26H30N4O6S. The Kier molecular flexibility index (Phi) is 10.8. The molecule has 1 atom stereocenters. The van der Waals surface area contributed by atoms with E-state index in [-0.39, 0.29) is 0 Å². The van der Waals surface area contributed by atoms with E-state index in [2.05, 4.69) is 15.2 Å². The number of aromatic nitrogens is 2. The van der Waals surface area contributed by atoms with E-state index in [9.17, 15) is 13.8 Å². The van der Waals surface area contributed by atoms with Crippen LogP contribution in [0.5, 0.6) is 5.75 Å². The first kappa shape index (κ1) is 29.0. The Labute approximate surface area is 216 Å². The third kappa shape index (κ3) is 7.15. The zero-order valence-corrected chi connectivity index (χ0v) is 22.0. The van der Waals surface area contributed by atoms with Crippen LogP contribution in [0.1, 0.15) is 20.8 Å². The molecule has 4 rings (SSSR count). The van der Waals surface area contributed by atoms with Crippen LogP contribution in [0.3, 0.4) is 0 Å². The summed E-state index contributed by atoms with van der Waals surface area (Å²) in [6, 6.07) is 15.8. The van der Waals surface area contributed by atoms with Gasteiger partial charge in [-0.3, -0.25) is 25.0 Å². The Morgan fingerprint density at radius 2 is 1.68 bits per heavy atom. The highest BCUT2D eigenvalue weighted by Crippen LogP contribution is 2.40. The molecule has 4 aromatic rings. The lowest BCUT2D eigenvalue weighted by atomic mass is 9.99. The summed E-state index contributed by atoms with van der Waals surface area (Å²) >= 11 is 0. The van der Waals surface area contributed by atoms with Gasteiger partial charge in [-0.25, -0.2) is 9.00 Å². The minimum absolute atomic E-state index is 0.429. The first-order chi connectivity index (χ1) is 17.8. The maximum absolute atomic E-state index is 12.4. The maximum Gasteiger partial charge on any atom is 0.332 e. The predicted molar refractivity (Wildman–Crippen MR) is 148 cm³/mol. The molecule has 1 heterocycles. The molecule has 10 nitrogen and oxygen atoms in total. The van der Waals surface area contributed by atoms with Gasteiger partial charge in [-0.15, -0.1) is 0 Å². The number of methoxy groups -OCH3 is 1. The van der Waals surface area contributed by atoms with E-state index in [1.165, 1.54) is 37.1 Å². The molecule has 0 fully saturated rings. The molecule has 0 saturated heterocycles. The molecule has 11 heteroatoms. The van der Waals surface area contributed by atoms with Gasteiger partial charge >= 0.3 is 5.69 Å². The lowest BCUT2D eigenvalue weighted by Crippen LogP contribution is -2.27. The average Bonchev–Trinajstić information content (AvgIpc) is 2.89. The van der Waals surface area contributed by atoms with Crippen LogP contribution in [-0.2, 0) is 15.8 Å². The number of anilines is 2. The van der Waals surface area contributed by atoms with Crippen molar-refractivity contribution < 1.29 is 18.9 Å². The molecule has 3 aromatic carbocycles. The van der Waals surface area contributed by atoms with Gasteiger partial charge in [0, 0.05) is 24.1 Å². The number of ether oxygens (including phenoxy) is 1. The van der Waals surface area contributed by atoms with E-state index < -0.39 is 22.2 Å². The highest BCUT2D eigenvalue weighted by molar-refractivity contribution is 7.85. The lowest BCUT2D eigenvalue weighted by molar-refractivity contribution is -0.106. The third-order valence-corrected chi connectivity index (χ3v) is 5.42. The lowest BCUT2D eigenvalue weighted by Gasteiger charge is -2.17. The Bertz CT molecular complexity index is 1510. The number of fused-ring (bicyclic) bond motifs is 1. The zero-order valence-electron chi connectivity index (χ0n) is 21.2. The Morgan fingerprint density at radius 3 is 2.27 bits per heavy atom. The number of H-pyrrole nitrogens is 1. The normalized spacial score (nSPS) is 10.8. The fraction of sp³-hybridized carbons (Fsp3) is 0.192. The van der Waals surface area contributed by atoms with Crippen molar-refractivity contribution in [3.05, 3.63) is 81.6 Å². The van der Waals surface area contributed by atoms with E-state index in [0.29, 0.717) is 28.4 Å². The number of aldehydes is 1. The molecule has 0 amide bonds. The summed E-state index contributed by atoms with van der Waals surface area (Å²) in [6.45, 7) is 5.44. The Morgan fingerprint density at radius 1 is 1.03 bits per heavy atom. The van der Waals surface area contributed by atoms with E-state index >= 15 is 0 Å². The fourth-order valence-electron chi connectivity index (χ4n) is 3.52. The number of hydrogen-bond donors (Lipinski definition) is 4. The first-order valence-corrected chi connectivity index (χ1v) is 12.9. The number of nitrogens with one attached hydrogen (secondary N) is 3. The molecule has 1 aromatic heterocycles. The van der Waals surface area contributed by atoms with Gasteiger partial charge in [0.15, 0.2) is 5.75 Å². The van der Waals surface area contributed by atoms with Crippen molar-refractivity contribution >= 4 is 39.4 Å². The summed E-state index contributed by atoms with van der Waals surface area (Å²) in [5, 5.41) is 11.0. The SMILES string of the molecule is CC.CC=O.COc1c(NS(C)=O)cc(-n2ccc(=O)[nH]c2=O)cc1-c1ccc2cc(NO)ccc2c1. The highest BCUT2D eigenvalue weighted by atomic mass is 32.2. The summed E-state index contributed by atoms with van der Waals surface area (Å²) in [4.78, 5) is 34.9. The van der Waals surface area contributed by atoms with Gasteiger partial charge in [-0.2, -0.15) is 0 Å². The molecule has 1 unspecified atom stereocenters. The molecule has 37 heavy (non-hydrogen) atoms. The minimum Gasteiger partial charge on any atom is -0.494 e. The molecule has 0 aliphatic heterocycles. The topological polar surface area (TPSA) is 143 Å². The largest absolute Gasteiger partial charge is 0.494 e. The molecule has 0 bridgehead atoms. The van der Waals surface area contributed by atoms with E-state index in [4.69, 9.17) is 14.7 Å². The number of carbonyl (C=O) groups excluding carboxylic acids is 1. The smallest absolute Gasteiger partial charge is 0.332 e. The van der Waals surface area contributed by atoms with Crippen molar-refractivity contribution in [1.29, 1.82) is 0 Å². The summed E-state index contributed by atoms with van der Waals surface area (Å²) in [5.74, 6) is 0.453. The maximum atomic E-state index is 12.4. The van der Waals surface area contributed by atoms with Crippen molar-refractivity contribution in [2.45, 2.75) is 20.8 Å². The van der Waals surface area contributed by atoms with Gasteiger partial charge < -0.3 is 14.3 Å². The van der Waals surface area contributed by atoms with Crippen LogP contribution in [0, 0.1) is 0 Å². The van der Waals surface area contributed by atoms with Crippen LogP contribution in [-0.4, -0.2) is 38.6 Å². The number of hydrogen-bond acceptors (Lipinski definition) is 7. The van der Waals surface area contributed by atoms with Crippen LogP contribution in [0.25, 0.3) is 27.6 Å². The molecule has 0 spiro atoms. The van der Waals surface area contributed by atoms with Gasteiger partial charge in [0.25, 0.3) is 5.56 Å². The summed E-state index contributed by atoms with van der Waals surface area (Å²) in [7, 11) is 0.110. The first-order valence-electron chi connectivity index (χ1n) is 11.3. The van der Waals surface area contributed by atoms with Crippen LogP contribution >= 0.6 is 0 Å². The molecule has 0 aliphatic rings. The second-order valence-corrected chi connectivity index (χ2v) is 8.35. The highest BCUT2D eigenvalue weighted by Gasteiger charge is 2.16. The Hall–Kier alpha value is -4.22. The van der Waals surface area contributed by atoms with E-state index in [0.717, 1.165) is 22.6 Å². The molecule has 0 saturated carbocycles. The van der Waals surface area contributed by atoms with Crippen molar-refractivity contribution in [3.63, 3.8) is 0 Å². The Balaban J connectivity index is 0.000000898. The van der Waals surface area contributed by atoms with Gasteiger partial charge in [0.1, 0.15) is 17.3 Å². The monoisotopic (exact) mass is 526 g/mol. The van der Waals surface area contributed by atoms with Crippen LogP contribution in [0.2, 0.25) is 0 Å². The predicted octanol–water partition coefficient (Wildman–Crippen LogP) is 4.09. The molecular weight excluding hydrogens is 496 g/mol. The van der Waals surface area contributed by atoms with Gasteiger partial charge in [-0.05, 0) is 53.6 Å². The second-order valence-electron chi connectivity index (χ2n) is 7.23. The molecule has 0 radical (unpaired) electrons. The van der Waals surface area contributed by atoms with Crippen molar-refractivity contribution in [2.75, 3.05) is 23.6 Å². The van der Waals surface area contributed by atoms with Crippen molar-refractivity contribution in [1.82, 2.24) is 9.55 Å². The summed E-state index contributed by atoms with van der Waals surface area (Å²) < 4.78 is 21.7. The number of aromatic amines is 1. The van der Waals surface area contributed by atoms with Gasteiger partial charge in [-0.1, -0.05) is 32.0 Å². The fourth-order valence-corrected chi connectivity index (χ4v) is 3.98. The van der Waals surface area contributed by atoms with Crippen molar-refractivity contribution in [3.8, 4) is 22.6 Å².